The van der Waals surface area contributed by atoms with E-state index >= 15 is 0 Å². The molecule has 1 fully saturated rings. The summed E-state index contributed by atoms with van der Waals surface area (Å²) in [6.07, 6.45) is 4.28. The Kier molecular flexibility index (Phi) is 2.57. The average molecular weight is 330 g/mol. The van der Waals surface area contributed by atoms with Crippen molar-refractivity contribution in [3.63, 3.8) is 0 Å². The second kappa shape index (κ2) is 4.31. The third kappa shape index (κ3) is 1.89. The maximum absolute atomic E-state index is 12.2. The van der Waals surface area contributed by atoms with Crippen molar-refractivity contribution in [2.75, 3.05) is 0 Å². The predicted octanol–water partition coefficient (Wildman–Crippen LogP) is 3.33. The molecule has 0 amide bonds. The van der Waals surface area contributed by atoms with E-state index in [1.165, 1.54) is 17.4 Å². The molecule has 1 N–H and O–H groups in total. The maximum atomic E-state index is 12.2. The van der Waals surface area contributed by atoms with Crippen LogP contribution in [-0.2, 0) is 0 Å². The Bertz CT molecular complexity index is 861. The van der Waals surface area contributed by atoms with E-state index in [-0.39, 0.29) is 5.56 Å². The number of hydrogen-bond donors (Lipinski definition) is 1. The lowest BCUT2D eigenvalue weighted by molar-refractivity contribution is 0.901. The summed E-state index contributed by atoms with van der Waals surface area (Å²) in [6.45, 7) is 0. The molecule has 5 heteroatoms. The molecular weight excluding hydrogens is 318 g/mol. The van der Waals surface area contributed by atoms with Crippen LogP contribution in [0.2, 0.25) is 0 Å². The van der Waals surface area contributed by atoms with Gasteiger partial charge in [-0.1, -0.05) is 28.1 Å². The molecule has 0 bridgehead atoms. The number of aromatic nitrogens is 3. The lowest BCUT2D eigenvalue weighted by Crippen LogP contribution is -2.14. The van der Waals surface area contributed by atoms with Gasteiger partial charge in [0.2, 0.25) is 0 Å². The van der Waals surface area contributed by atoms with Crippen LogP contribution in [0.4, 0.5) is 0 Å². The Morgan fingerprint density at radius 3 is 2.90 bits per heavy atom. The number of aromatic amines is 1. The molecule has 0 unspecified atom stereocenters. The van der Waals surface area contributed by atoms with Crippen LogP contribution in [0.3, 0.4) is 0 Å². The fourth-order valence-electron chi connectivity index (χ4n) is 2.49. The van der Waals surface area contributed by atoms with E-state index in [2.05, 4.69) is 26.0 Å². The van der Waals surface area contributed by atoms with Crippen LogP contribution in [0.1, 0.15) is 24.3 Å². The fraction of sp³-hybridized carbons (Fsp3) is 0.200. The first-order valence-corrected chi connectivity index (χ1v) is 7.39. The molecule has 1 saturated carbocycles. The van der Waals surface area contributed by atoms with Gasteiger partial charge in [0.15, 0.2) is 5.65 Å². The monoisotopic (exact) mass is 329 g/mol. The molecule has 4 rings (SSSR count). The molecule has 2 heterocycles. The summed E-state index contributed by atoms with van der Waals surface area (Å²) in [5.41, 5.74) is 3.51. The first-order valence-electron chi connectivity index (χ1n) is 6.59. The van der Waals surface area contributed by atoms with E-state index < -0.39 is 0 Å². The number of fused-ring (bicyclic) bond motifs is 1. The van der Waals surface area contributed by atoms with Gasteiger partial charge in [-0.15, -0.1) is 0 Å². The van der Waals surface area contributed by atoms with Crippen LogP contribution < -0.4 is 5.56 Å². The van der Waals surface area contributed by atoms with Crippen LogP contribution in [0, 0.1) is 0 Å². The number of nitrogens with zero attached hydrogens (tertiary/aromatic N) is 2. The first-order chi connectivity index (χ1) is 9.72. The molecule has 1 aliphatic rings. The lowest BCUT2D eigenvalue weighted by atomic mass is 10.1. The standard InChI is InChI=1S/C15H12BrN3O/c16-11-3-1-2-10(6-11)13-7-14(20)19-15(18-13)12(8-17-19)9-4-5-9/h1-3,6-9,17H,4-5H2. The van der Waals surface area contributed by atoms with Crippen LogP contribution in [-0.4, -0.2) is 14.6 Å². The quantitative estimate of drug-likeness (QED) is 0.784. The molecular formula is C15H12BrN3O. The Labute approximate surface area is 123 Å². The molecule has 0 aliphatic heterocycles. The number of benzene rings is 1. The minimum Gasteiger partial charge on any atom is -0.297 e. The Balaban J connectivity index is 1.96. The van der Waals surface area contributed by atoms with E-state index in [1.54, 1.807) is 6.07 Å². The molecule has 0 spiro atoms. The number of rotatable bonds is 2. The normalized spacial score (nSPS) is 14.8. The molecule has 0 radical (unpaired) electrons. The van der Waals surface area contributed by atoms with Gasteiger partial charge < -0.3 is 0 Å². The SMILES string of the molecule is O=c1cc(-c2cccc(Br)c2)nc2c(C3CC3)c[nH]n12. The predicted molar refractivity (Wildman–Crippen MR) is 80.9 cm³/mol. The van der Waals surface area contributed by atoms with Crippen molar-refractivity contribution in [2.45, 2.75) is 18.8 Å². The molecule has 1 aliphatic carbocycles. The third-order valence-corrected chi connectivity index (χ3v) is 4.16. The van der Waals surface area contributed by atoms with Crippen LogP contribution in [0.5, 0.6) is 0 Å². The van der Waals surface area contributed by atoms with Crippen LogP contribution >= 0.6 is 15.9 Å². The van der Waals surface area contributed by atoms with Gasteiger partial charge in [-0.05, 0) is 30.9 Å². The van der Waals surface area contributed by atoms with Crippen LogP contribution in [0.25, 0.3) is 16.9 Å². The summed E-state index contributed by atoms with van der Waals surface area (Å²) in [6, 6.07) is 9.42. The molecule has 0 atom stereocenters. The summed E-state index contributed by atoms with van der Waals surface area (Å²) >= 11 is 3.45. The second-order valence-electron chi connectivity index (χ2n) is 5.15. The van der Waals surface area contributed by atoms with E-state index in [9.17, 15) is 4.79 Å². The highest BCUT2D eigenvalue weighted by Crippen LogP contribution is 2.41. The topological polar surface area (TPSA) is 50.2 Å². The third-order valence-electron chi connectivity index (χ3n) is 3.66. The molecule has 3 aromatic rings. The number of nitrogens with one attached hydrogen (secondary N) is 1. The summed E-state index contributed by atoms with van der Waals surface area (Å²) in [5, 5.41) is 3.00. The van der Waals surface area contributed by atoms with Crippen molar-refractivity contribution in [1.82, 2.24) is 14.6 Å². The Morgan fingerprint density at radius 1 is 1.30 bits per heavy atom. The van der Waals surface area contributed by atoms with Crippen LogP contribution in [0.15, 0.2) is 45.8 Å². The summed E-state index contributed by atoms with van der Waals surface area (Å²) < 4.78 is 2.50. The van der Waals surface area contributed by atoms with E-state index in [1.807, 2.05) is 30.5 Å². The second-order valence-corrected chi connectivity index (χ2v) is 6.07. The van der Waals surface area contributed by atoms with Gasteiger partial charge in [0.25, 0.3) is 5.56 Å². The largest absolute Gasteiger partial charge is 0.297 e. The molecule has 20 heavy (non-hydrogen) atoms. The minimum absolute atomic E-state index is 0.0723. The zero-order chi connectivity index (χ0) is 13.7. The highest BCUT2D eigenvalue weighted by molar-refractivity contribution is 9.10. The Morgan fingerprint density at radius 2 is 2.15 bits per heavy atom. The average Bonchev–Trinajstić information content (AvgIpc) is 3.18. The highest BCUT2D eigenvalue weighted by atomic mass is 79.9. The minimum atomic E-state index is -0.0723. The van der Waals surface area contributed by atoms with Gasteiger partial charge in [-0.25, -0.2) is 9.50 Å². The van der Waals surface area contributed by atoms with E-state index in [0.29, 0.717) is 5.92 Å². The van der Waals surface area contributed by atoms with Gasteiger partial charge in [0.1, 0.15) is 0 Å². The number of halogens is 1. The van der Waals surface area contributed by atoms with Crippen molar-refractivity contribution < 1.29 is 0 Å². The maximum Gasteiger partial charge on any atom is 0.273 e. The highest BCUT2D eigenvalue weighted by Gasteiger charge is 2.27. The summed E-state index contributed by atoms with van der Waals surface area (Å²) in [7, 11) is 0. The van der Waals surface area contributed by atoms with Crippen molar-refractivity contribution in [3.05, 3.63) is 56.9 Å². The van der Waals surface area contributed by atoms with E-state index in [0.717, 1.165) is 26.9 Å². The zero-order valence-electron chi connectivity index (χ0n) is 10.6. The van der Waals surface area contributed by atoms with Gasteiger partial charge in [0, 0.05) is 27.9 Å². The van der Waals surface area contributed by atoms with Crippen molar-refractivity contribution in [2.24, 2.45) is 0 Å². The molecule has 1 aromatic carbocycles. The molecule has 0 saturated heterocycles. The number of H-pyrrole nitrogens is 1. The fourth-order valence-corrected chi connectivity index (χ4v) is 2.89. The van der Waals surface area contributed by atoms with Crippen molar-refractivity contribution in [3.8, 4) is 11.3 Å². The van der Waals surface area contributed by atoms with Gasteiger partial charge >= 0.3 is 0 Å². The molecule has 2 aromatic heterocycles. The van der Waals surface area contributed by atoms with E-state index in [4.69, 9.17) is 0 Å². The summed E-state index contributed by atoms with van der Waals surface area (Å²) in [5.74, 6) is 0.556. The smallest absolute Gasteiger partial charge is 0.273 e. The van der Waals surface area contributed by atoms with Crippen molar-refractivity contribution in [1.29, 1.82) is 0 Å². The Hall–Kier alpha value is -1.88. The van der Waals surface area contributed by atoms with Gasteiger partial charge in [0.05, 0.1) is 5.69 Å². The molecule has 4 nitrogen and oxygen atoms in total. The molecule has 100 valence electrons. The zero-order valence-corrected chi connectivity index (χ0v) is 12.2. The van der Waals surface area contributed by atoms with Crippen molar-refractivity contribution >= 4 is 21.6 Å². The lowest BCUT2D eigenvalue weighted by Gasteiger charge is -2.03. The van der Waals surface area contributed by atoms with Gasteiger partial charge in [-0.2, -0.15) is 0 Å². The first kappa shape index (κ1) is 11.9. The van der Waals surface area contributed by atoms with Gasteiger partial charge in [-0.3, -0.25) is 9.89 Å². The summed E-state index contributed by atoms with van der Waals surface area (Å²) in [4.78, 5) is 16.9. The number of hydrogen-bond acceptors (Lipinski definition) is 2.